The zero-order chi connectivity index (χ0) is 24.0. The first-order valence-corrected chi connectivity index (χ1v) is 13.3. The van der Waals surface area contributed by atoms with Crippen LogP contribution in [-0.4, -0.2) is 50.9 Å². The summed E-state index contributed by atoms with van der Waals surface area (Å²) in [6.45, 7) is 15.5. The first kappa shape index (κ1) is 26.6. The number of carbonyl (C=O) groups excluding carboxylic acids is 1. The summed E-state index contributed by atoms with van der Waals surface area (Å²) in [6, 6.07) is 5.12. The van der Waals surface area contributed by atoms with Gasteiger partial charge in [0.15, 0.2) is 8.32 Å². The van der Waals surface area contributed by atoms with Gasteiger partial charge in [-0.15, -0.1) is 0 Å². The second kappa shape index (κ2) is 10.7. The molecule has 0 aliphatic heterocycles. The zero-order valence-corrected chi connectivity index (χ0v) is 20.9. The summed E-state index contributed by atoms with van der Waals surface area (Å²) in [6.07, 6.45) is 0.0758. The third-order valence-electron chi connectivity index (χ3n) is 6.03. The molecule has 1 rings (SSSR count). The first-order chi connectivity index (χ1) is 14.3. The molecule has 0 saturated heterocycles. The summed E-state index contributed by atoms with van der Waals surface area (Å²) in [5, 5.41) is 21.1. The molecule has 8 nitrogen and oxygen atoms in total. The second-order valence-corrected chi connectivity index (χ2v) is 13.9. The third-order valence-corrected chi connectivity index (χ3v) is 10.6. The molecule has 9 heteroatoms. The molecular weight excluding hydrogens is 414 g/mol. The van der Waals surface area contributed by atoms with Crippen molar-refractivity contribution in [3.05, 3.63) is 33.4 Å². The fourth-order valence-electron chi connectivity index (χ4n) is 2.94. The predicted octanol–water partition coefficient (Wildman–Crippen LogP) is 4.46. The Labute approximate surface area is 186 Å². The number of nitriles is 1. The van der Waals surface area contributed by atoms with Gasteiger partial charge in [0, 0.05) is 19.2 Å². The molecule has 0 radical (unpaired) electrons. The van der Waals surface area contributed by atoms with Crippen molar-refractivity contribution in [2.24, 2.45) is 5.92 Å². The van der Waals surface area contributed by atoms with Crippen LogP contribution in [0.1, 0.15) is 38.8 Å². The van der Waals surface area contributed by atoms with E-state index in [2.05, 4.69) is 39.9 Å². The Balaban J connectivity index is 2.96. The van der Waals surface area contributed by atoms with Gasteiger partial charge in [0.05, 0.1) is 30.3 Å². The van der Waals surface area contributed by atoms with Gasteiger partial charge in [-0.25, -0.2) is 0 Å². The number of nitro benzene ring substituents is 1. The Morgan fingerprint density at radius 3 is 2.42 bits per heavy atom. The smallest absolute Gasteiger partial charge is 0.276 e. The largest absolute Gasteiger partial charge is 0.496 e. The van der Waals surface area contributed by atoms with Crippen molar-refractivity contribution in [1.82, 2.24) is 4.90 Å². The van der Waals surface area contributed by atoms with Crippen LogP contribution in [0.4, 0.5) is 5.69 Å². The van der Waals surface area contributed by atoms with Gasteiger partial charge in [0.25, 0.3) is 5.69 Å². The van der Waals surface area contributed by atoms with Crippen LogP contribution in [0.2, 0.25) is 18.1 Å². The topological polar surface area (TPSA) is 106 Å². The normalized spacial score (nSPS) is 12.7. The molecule has 1 atom stereocenters. The monoisotopic (exact) mass is 449 g/mol. The molecule has 1 amide bonds. The molecule has 0 heterocycles. The van der Waals surface area contributed by atoms with Crippen LogP contribution < -0.4 is 4.74 Å². The molecule has 0 aromatic heterocycles. The van der Waals surface area contributed by atoms with E-state index in [1.165, 1.54) is 13.2 Å². The third kappa shape index (κ3) is 6.77. The second-order valence-electron chi connectivity index (χ2n) is 9.11. The highest BCUT2D eigenvalue weighted by Gasteiger charge is 2.37. The average molecular weight is 450 g/mol. The number of nitrogens with zero attached hydrogens (tertiary/aromatic N) is 3. The van der Waals surface area contributed by atoms with Gasteiger partial charge in [0.1, 0.15) is 11.7 Å². The SMILES string of the molecule is CCN(CCO[Si](C)(C)C(C)(C)C)C(=O)C(C#N)Cc1cc(OC)c(C)c([N+](=O)[O-])c1. The van der Waals surface area contributed by atoms with Gasteiger partial charge >= 0.3 is 0 Å². The number of amides is 1. The lowest BCUT2D eigenvalue weighted by Gasteiger charge is -2.37. The molecule has 0 spiro atoms. The van der Waals surface area contributed by atoms with Crippen LogP contribution in [0.25, 0.3) is 0 Å². The highest BCUT2D eigenvalue weighted by molar-refractivity contribution is 6.74. The Bertz CT molecular complexity index is 843. The lowest BCUT2D eigenvalue weighted by molar-refractivity contribution is -0.385. The number of methoxy groups -OCH3 is 1. The molecule has 1 unspecified atom stereocenters. The van der Waals surface area contributed by atoms with E-state index in [0.717, 1.165) is 0 Å². The zero-order valence-electron chi connectivity index (χ0n) is 19.9. The van der Waals surface area contributed by atoms with Crippen molar-refractivity contribution < 1.29 is 18.9 Å². The van der Waals surface area contributed by atoms with E-state index in [1.54, 1.807) is 17.9 Å². The quantitative estimate of drug-likeness (QED) is 0.296. The maximum atomic E-state index is 13.0. The van der Waals surface area contributed by atoms with Crippen molar-refractivity contribution in [2.45, 2.75) is 59.2 Å². The predicted molar refractivity (Wildman–Crippen MR) is 123 cm³/mol. The van der Waals surface area contributed by atoms with Crippen LogP contribution in [0, 0.1) is 34.3 Å². The van der Waals surface area contributed by atoms with E-state index >= 15 is 0 Å². The van der Waals surface area contributed by atoms with Crippen molar-refractivity contribution in [3.63, 3.8) is 0 Å². The number of carbonyl (C=O) groups is 1. The first-order valence-electron chi connectivity index (χ1n) is 10.4. The minimum Gasteiger partial charge on any atom is -0.496 e. The number of hydrogen-bond donors (Lipinski definition) is 0. The molecule has 0 N–H and O–H groups in total. The maximum Gasteiger partial charge on any atom is 0.276 e. The molecule has 0 saturated carbocycles. The van der Waals surface area contributed by atoms with Crippen LogP contribution in [-0.2, 0) is 15.6 Å². The van der Waals surface area contributed by atoms with Gasteiger partial charge in [-0.05, 0) is 50.0 Å². The van der Waals surface area contributed by atoms with E-state index in [-0.39, 0.29) is 23.1 Å². The summed E-state index contributed by atoms with van der Waals surface area (Å²) in [5.41, 5.74) is 0.838. The lowest BCUT2D eigenvalue weighted by atomic mass is 9.97. The fraction of sp³-hybridized carbons (Fsp3) is 0.636. The van der Waals surface area contributed by atoms with E-state index in [1.807, 2.05) is 6.92 Å². The summed E-state index contributed by atoms with van der Waals surface area (Å²) in [4.78, 5) is 25.5. The summed E-state index contributed by atoms with van der Waals surface area (Å²) >= 11 is 0. The van der Waals surface area contributed by atoms with E-state index in [9.17, 15) is 20.2 Å². The summed E-state index contributed by atoms with van der Waals surface area (Å²) in [7, 11) is -0.495. The molecule has 1 aromatic rings. The maximum absolute atomic E-state index is 13.0. The minimum absolute atomic E-state index is 0.0719. The van der Waals surface area contributed by atoms with Crippen molar-refractivity contribution >= 4 is 19.9 Å². The number of nitro groups is 1. The van der Waals surface area contributed by atoms with Crippen LogP contribution >= 0.6 is 0 Å². The van der Waals surface area contributed by atoms with Gasteiger partial charge < -0.3 is 14.1 Å². The molecule has 0 aliphatic carbocycles. The minimum atomic E-state index is -1.93. The Morgan fingerprint density at radius 1 is 1.35 bits per heavy atom. The van der Waals surface area contributed by atoms with Crippen LogP contribution in [0.3, 0.4) is 0 Å². The Hall–Kier alpha value is -2.44. The molecule has 0 fully saturated rings. The standard InChI is InChI=1S/C22H35N3O5Si/c1-9-24(10-11-30-31(7,8)22(3,4)5)21(26)18(15-23)12-17-13-19(25(27)28)16(2)20(14-17)29-6/h13-14,18H,9-12H2,1-8H3. The number of ether oxygens (including phenoxy) is 1. The van der Waals surface area contributed by atoms with Crippen molar-refractivity contribution in [3.8, 4) is 11.8 Å². The Kier molecular flexibility index (Phi) is 9.21. The lowest BCUT2D eigenvalue weighted by Crippen LogP contribution is -2.44. The van der Waals surface area contributed by atoms with E-state index in [4.69, 9.17) is 9.16 Å². The molecular formula is C22H35N3O5Si. The molecule has 31 heavy (non-hydrogen) atoms. The highest BCUT2D eigenvalue weighted by Crippen LogP contribution is 2.36. The van der Waals surface area contributed by atoms with E-state index in [0.29, 0.717) is 36.6 Å². The molecule has 1 aromatic carbocycles. The van der Waals surface area contributed by atoms with Gasteiger partial charge in [0.2, 0.25) is 5.91 Å². The van der Waals surface area contributed by atoms with Crippen LogP contribution in [0.5, 0.6) is 5.75 Å². The summed E-state index contributed by atoms with van der Waals surface area (Å²) in [5.74, 6) is -0.880. The van der Waals surface area contributed by atoms with Crippen molar-refractivity contribution in [2.75, 3.05) is 26.8 Å². The average Bonchev–Trinajstić information content (AvgIpc) is 2.68. The number of rotatable bonds is 10. The van der Waals surface area contributed by atoms with Crippen LogP contribution in [0.15, 0.2) is 12.1 Å². The van der Waals surface area contributed by atoms with Gasteiger partial charge in [-0.1, -0.05) is 20.8 Å². The fourth-order valence-corrected chi connectivity index (χ4v) is 3.98. The van der Waals surface area contributed by atoms with Gasteiger partial charge in [-0.3, -0.25) is 14.9 Å². The van der Waals surface area contributed by atoms with Crippen molar-refractivity contribution in [1.29, 1.82) is 5.26 Å². The number of benzene rings is 1. The molecule has 0 bridgehead atoms. The summed E-state index contributed by atoms with van der Waals surface area (Å²) < 4.78 is 11.4. The molecule has 172 valence electrons. The number of hydrogen-bond acceptors (Lipinski definition) is 6. The van der Waals surface area contributed by atoms with E-state index < -0.39 is 19.2 Å². The van der Waals surface area contributed by atoms with Gasteiger partial charge in [-0.2, -0.15) is 5.26 Å². The molecule has 0 aliphatic rings. The number of likely N-dealkylation sites (N-methyl/N-ethyl adjacent to an activating group) is 1. The Morgan fingerprint density at radius 2 is 1.97 bits per heavy atom. The highest BCUT2D eigenvalue weighted by atomic mass is 28.4.